The van der Waals surface area contributed by atoms with Crippen LogP contribution in [0.15, 0.2) is 79.0 Å². The number of nitrogens with one attached hydrogen (secondary N) is 1. The number of hydrogen-bond donors (Lipinski definition) is 1. The van der Waals surface area contributed by atoms with E-state index in [4.69, 9.17) is 0 Å². The van der Waals surface area contributed by atoms with Gasteiger partial charge in [0.25, 0.3) is 5.91 Å². The van der Waals surface area contributed by atoms with Gasteiger partial charge in [-0.2, -0.15) is 0 Å². The van der Waals surface area contributed by atoms with Gasteiger partial charge < -0.3 is 10.2 Å². The first-order valence-electron chi connectivity index (χ1n) is 9.33. The standard InChI is InChI=1S/C23H21N3O2/c27-22(25-15-19-11-6-7-13-24-19)21(14-17-8-2-1-3-9-17)26-16-18-10-4-5-12-20(18)23(26)28/h1-13,21H,14-16H2,(H,25,27)/t21-/m0/s1. The molecular formula is C23H21N3O2. The van der Waals surface area contributed by atoms with Gasteiger partial charge in [-0.1, -0.05) is 54.6 Å². The number of fused-ring (bicyclic) bond motifs is 1. The third kappa shape index (κ3) is 3.78. The summed E-state index contributed by atoms with van der Waals surface area (Å²) >= 11 is 0. The summed E-state index contributed by atoms with van der Waals surface area (Å²) < 4.78 is 0. The van der Waals surface area contributed by atoms with Gasteiger partial charge in [0, 0.05) is 24.7 Å². The van der Waals surface area contributed by atoms with Gasteiger partial charge in [0.1, 0.15) is 6.04 Å². The maximum atomic E-state index is 13.1. The smallest absolute Gasteiger partial charge is 0.255 e. The SMILES string of the molecule is O=C(NCc1ccccn1)[C@H](Cc1ccccc1)N1Cc2ccccc2C1=O. The number of rotatable bonds is 6. The summed E-state index contributed by atoms with van der Waals surface area (Å²) in [6.45, 7) is 0.781. The molecule has 1 aromatic heterocycles. The highest BCUT2D eigenvalue weighted by Crippen LogP contribution is 2.26. The van der Waals surface area contributed by atoms with Crippen molar-refractivity contribution in [2.75, 3.05) is 0 Å². The van der Waals surface area contributed by atoms with Crippen LogP contribution >= 0.6 is 0 Å². The van der Waals surface area contributed by atoms with Crippen molar-refractivity contribution in [3.05, 3.63) is 101 Å². The molecule has 0 aliphatic carbocycles. The highest BCUT2D eigenvalue weighted by molar-refractivity contribution is 6.01. The molecule has 0 spiro atoms. The van der Waals surface area contributed by atoms with Gasteiger partial charge in [-0.15, -0.1) is 0 Å². The Labute approximate surface area is 164 Å². The van der Waals surface area contributed by atoms with Crippen molar-refractivity contribution in [1.82, 2.24) is 15.2 Å². The minimum absolute atomic E-state index is 0.0930. The average molecular weight is 371 g/mol. The Hall–Kier alpha value is -3.47. The predicted octanol–water partition coefficient (Wildman–Crippen LogP) is 2.97. The lowest BCUT2D eigenvalue weighted by Crippen LogP contribution is -2.48. The molecule has 2 heterocycles. The topological polar surface area (TPSA) is 62.3 Å². The van der Waals surface area contributed by atoms with E-state index in [1.54, 1.807) is 11.1 Å². The molecule has 140 valence electrons. The molecule has 5 heteroatoms. The van der Waals surface area contributed by atoms with Crippen LogP contribution in [0.4, 0.5) is 0 Å². The van der Waals surface area contributed by atoms with Crippen LogP contribution in [0, 0.1) is 0 Å². The zero-order chi connectivity index (χ0) is 19.3. The molecule has 1 atom stereocenters. The molecule has 0 radical (unpaired) electrons. The Balaban J connectivity index is 1.55. The molecule has 0 saturated heterocycles. The van der Waals surface area contributed by atoms with E-state index in [-0.39, 0.29) is 11.8 Å². The van der Waals surface area contributed by atoms with Gasteiger partial charge in [-0.3, -0.25) is 14.6 Å². The molecule has 0 bridgehead atoms. The first-order chi connectivity index (χ1) is 13.7. The lowest BCUT2D eigenvalue weighted by Gasteiger charge is -2.27. The van der Waals surface area contributed by atoms with Gasteiger partial charge in [0.05, 0.1) is 12.2 Å². The van der Waals surface area contributed by atoms with Crippen LogP contribution in [0.3, 0.4) is 0 Å². The number of carbonyl (C=O) groups is 2. The minimum Gasteiger partial charge on any atom is -0.349 e. The fourth-order valence-corrected chi connectivity index (χ4v) is 3.51. The maximum Gasteiger partial charge on any atom is 0.255 e. The van der Waals surface area contributed by atoms with Crippen molar-refractivity contribution in [2.24, 2.45) is 0 Å². The number of hydrogen-bond acceptors (Lipinski definition) is 3. The van der Waals surface area contributed by atoms with Crippen molar-refractivity contribution in [3.8, 4) is 0 Å². The fourth-order valence-electron chi connectivity index (χ4n) is 3.51. The summed E-state index contributed by atoms with van der Waals surface area (Å²) in [6.07, 6.45) is 2.16. The molecule has 4 rings (SSSR count). The van der Waals surface area contributed by atoms with Gasteiger partial charge in [0.2, 0.25) is 5.91 Å². The molecule has 2 aromatic carbocycles. The molecule has 0 saturated carbocycles. The van der Waals surface area contributed by atoms with E-state index in [1.807, 2.05) is 72.8 Å². The Morgan fingerprint density at radius 1 is 1.00 bits per heavy atom. The molecule has 0 fully saturated rings. The second-order valence-corrected chi connectivity index (χ2v) is 6.83. The quantitative estimate of drug-likeness (QED) is 0.725. The molecule has 1 N–H and O–H groups in total. The predicted molar refractivity (Wildman–Crippen MR) is 106 cm³/mol. The molecule has 1 aliphatic rings. The van der Waals surface area contributed by atoms with Gasteiger partial charge in [0.15, 0.2) is 0 Å². The number of benzene rings is 2. The Morgan fingerprint density at radius 2 is 1.75 bits per heavy atom. The summed E-state index contributed by atoms with van der Waals surface area (Å²) in [7, 11) is 0. The van der Waals surface area contributed by atoms with Gasteiger partial charge in [-0.05, 0) is 29.3 Å². The van der Waals surface area contributed by atoms with Crippen LogP contribution in [0.2, 0.25) is 0 Å². The normalized spacial score (nSPS) is 13.9. The van der Waals surface area contributed by atoms with Crippen molar-refractivity contribution >= 4 is 11.8 Å². The summed E-state index contributed by atoms with van der Waals surface area (Å²) in [4.78, 5) is 31.9. The zero-order valence-corrected chi connectivity index (χ0v) is 15.4. The lowest BCUT2D eigenvalue weighted by molar-refractivity contribution is -0.125. The summed E-state index contributed by atoms with van der Waals surface area (Å²) in [5.41, 5.74) is 3.44. The van der Waals surface area contributed by atoms with Crippen LogP contribution in [0.1, 0.15) is 27.2 Å². The number of nitrogens with zero attached hydrogens (tertiary/aromatic N) is 2. The Morgan fingerprint density at radius 3 is 2.50 bits per heavy atom. The highest BCUT2D eigenvalue weighted by atomic mass is 16.2. The fraction of sp³-hybridized carbons (Fsp3) is 0.174. The molecule has 5 nitrogen and oxygen atoms in total. The first kappa shape index (κ1) is 17.9. The molecule has 1 aliphatic heterocycles. The third-order valence-electron chi connectivity index (χ3n) is 4.97. The average Bonchev–Trinajstić information content (AvgIpc) is 3.08. The van der Waals surface area contributed by atoms with E-state index in [1.165, 1.54) is 0 Å². The minimum atomic E-state index is -0.578. The molecule has 0 unspecified atom stereocenters. The lowest BCUT2D eigenvalue weighted by atomic mass is 10.0. The summed E-state index contributed by atoms with van der Waals surface area (Å²) in [5, 5.41) is 2.95. The Kier molecular flexibility index (Phi) is 5.15. The Bertz CT molecular complexity index is 973. The second kappa shape index (κ2) is 8.05. The largest absolute Gasteiger partial charge is 0.349 e. The number of aromatic nitrogens is 1. The first-order valence-corrected chi connectivity index (χ1v) is 9.33. The van der Waals surface area contributed by atoms with Gasteiger partial charge >= 0.3 is 0 Å². The maximum absolute atomic E-state index is 13.1. The summed E-state index contributed by atoms with van der Waals surface area (Å²) in [6, 6.07) is 22.3. The van der Waals surface area contributed by atoms with Crippen LogP contribution in [-0.2, 0) is 24.3 Å². The van der Waals surface area contributed by atoms with E-state index in [0.29, 0.717) is 25.1 Å². The van der Waals surface area contributed by atoms with E-state index in [2.05, 4.69) is 10.3 Å². The number of pyridine rings is 1. The van der Waals surface area contributed by atoms with E-state index >= 15 is 0 Å². The van der Waals surface area contributed by atoms with Crippen LogP contribution in [-0.4, -0.2) is 27.7 Å². The van der Waals surface area contributed by atoms with Crippen molar-refractivity contribution < 1.29 is 9.59 Å². The van der Waals surface area contributed by atoms with Crippen LogP contribution < -0.4 is 5.32 Å². The summed E-state index contributed by atoms with van der Waals surface area (Å²) in [5.74, 6) is -0.264. The molecule has 28 heavy (non-hydrogen) atoms. The highest BCUT2D eigenvalue weighted by Gasteiger charge is 2.36. The molecule has 3 aromatic rings. The zero-order valence-electron chi connectivity index (χ0n) is 15.4. The van der Waals surface area contributed by atoms with Crippen LogP contribution in [0.25, 0.3) is 0 Å². The van der Waals surface area contributed by atoms with E-state index < -0.39 is 6.04 Å². The van der Waals surface area contributed by atoms with Crippen molar-refractivity contribution in [1.29, 1.82) is 0 Å². The van der Waals surface area contributed by atoms with E-state index in [0.717, 1.165) is 16.8 Å². The third-order valence-corrected chi connectivity index (χ3v) is 4.97. The second-order valence-electron chi connectivity index (χ2n) is 6.83. The van der Waals surface area contributed by atoms with Gasteiger partial charge in [-0.25, -0.2) is 0 Å². The van der Waals surface area contributed by atoms with Crippen LogP contribution in [0.5, 0.6) is 0 Å². The monoisotopic (exact) mass is 371 g/mol. The number of amides is 2. The van der Waals surface area contributed by atoms with Crippen molar-refractivity contribution in [3.63, 3.8) is 0 Å². The molecule has 2 amide bonds. The van der Waals surface area contributed by atoms with Crippen molar-refractivity contribution in [2.45, 2.75) is 25.6 Å². The van der Waals surface area contributed by atoms with E-state index in [9.17, 15) is 9.59 Å². The molecular weight excluding hydrogens is 350 g/mol. The number of carbonyl (C=O) groups excluding carboxylic acids is 2.